The van der Waals surface area contributed by atoms with E-state index in [9.17, 15) is 9.59 Å². The number of fused-ring (bicyclic) bond motifs is 1. The Morgan fingerprint density at radius 2 is 2.29 bits per heavy atom. The summed E-state index contributed by atoms with van der Waals surface area (Å²) in [5, 5.41) is 10.6. The van der Waals surface area contributed by atoms with Gasteiger partial charge in [-0.1, -0.05) is 12.8 Å². The summed E-state index contributed by atoms with van der Waals surface area (Å²) in [5.74, 6) is 0.465. The molecule has 7 heteroatoms. The molecule has 1 saturated carbocycles. The van der Waals surface area contributed by atoms with Crippen LogP contribution < -0.4 is 15.5 Å². The SMILES string of the molecule is Cn1cc(N2CCC(NC(=O)[C@@]34CCCC[C@H]3CNC4)C2=O)cn1. The number of nitrogens with zero attached hydrogens (tertiary/aromatic N) is 3. The second kappa shape index (κ2) is 5.88. The molecule has 130 valence electrons. The van der Waals surface area contributed by atoms with Crippen molar-refractivity contribution in [2.24, 2.45) is 18.4 Å². The molecule has 24 heavy (non-hydrogen) atoms. The number of carbonyl (C=O) groups is 2. The fraction of sp³-hybridized carbons (Fsp3) is 0.706. The Labute approximate surface area is 141 Å². The van der Waals surface area contributed by atoms with Gasteiger partial charge in [-0.15, -0.1) is 0 Å². The Morgan fingerprint density at radius 1 is 1.42 bits per heavy atom. The lowest BCUT2D eigenvalue weighted by Crippen LogP contribution is -2.52. The van der Waals surface area contributed by atoms with Crippen molar-refractivity contribution in [3.8, 4) is 0 Å². The van der Waals surface area contributed by atoms with Gasteiger partial charge in [-0.05, 0) is 31.7 Å². The molecule has 0 bridgehead atoms. The van der Waals surface area contributed by atoms with E-state index in [4.69, 9.17) is 0 Å². The molecule has 1 aliphatic carbocycles. The van der Waals surface area contributed by atoms with Crippen molar-refractivity contribution in [2.45, 2.75) is 38.1 Å². The minimum Gasteiger partial charge on any atom is -0.344 e. The molecule has 4 rings (SSSR count). The molecule has 3 fully saturated rings. The molecular formula is C17H25N5O2. The number of carbonyl (C=O) groups excluding carboxylic acids is 2. The van der Waals surface area contributed by atoms with Crippen LogP contribution in [0.15, 0.2) is 12.4 Å². The van der Waals surface area contributed by atoms with Crippen LogP contribution in [0.4, 0.5) is 5.69 Å². The molecular weight excluding hydrogens is 306 g/mol. The van der Waals surface area contributed by atoms with E-state index >= 15 is 0 Å². The average molecular weight is 331 g/mol. The van der Waals surface area contributed by atoms with E-state index < -0.39 is 6.04 Å². The van der Waals surface area contributed by atoms with Gasteiger partial charge in [0.2, 0.25) is 11.8 Å². The maximum atomic E-state index is 13.0. The summed E-state index contributed by atoms with van der Waals surface area (Å²) < 4.78 is 1.68. The highest BCUT2D eigenvalue weighted by Gasteiger charge is 2.51. The Hall–Kier alpha value is -1.89. The fourth-order valence-corrected chi connectivity index (χ4v) is 4.61. The van der Waals surface area contributed by atoms with E-state index in [1.54, 1.807) is 15.8 Å². The molecule has 0 aromatic carbocycles. The third-order valence-corrected chi connectivity index (χ3v) is 6.00. The largest absolute Gasteiger partial charge is 0.344 e. The van der Waals surface area contributed by atoms with Crippen molar-refractivity contribution < 1.29 is 9.59 Å². The molecule has 2 aliphatic heterocycles. The van der Waals surface area contributed by atoms with Crippen LogP contribution in [0.3, 0.4) is 0 Å². The fourth-order valence-electron chi connectivity index (χ4n) is 4.61. The van der Waals surface area contributed by atoms with Crippen LogP contribution in [-0.2, 0) is 16.6 Å². The summed E-state index contributed by atoms with van der Waals surface area (Å²) in [6.07, 6.45) is 8.54. The highest BCUT2D eigenvalue weighted by molar-refractivity contribution is 6.01. The number of nitrogens with one attached hydrogen (secondary N) is 2. The molecule has 1 unspecified atom stereocenters. The first kappa shape index (κ1) is 15.6. The molecule has 1 aromatic rings. The van der Waals surface area contributed by atoms with E-state index in [-0.39, 0.29) is 17.2 Å². The van der Waals surface area contributed by atoms with Crippen molar-refractivity contribution in [3.05, 3.63) is 12.4 Å². The van der Waals surface area contributed by atoms with Gasteiger partial charge in [0, 0.05) is 26.3 Å². The lowest BCUT2D eigenvalue weighted by Gasteiger charge is -2.37. The first-order chi connectivity index (χ1) is 11.6. The topological polar surface area (TPSA) is 79.3 Å². The number of rotatable bonds is 3. The van der Waals surface area contributed by atoms with Crippen LogP contribution in [-0.4, -0.2) is 47.3 Å². The summed E-state index contributed by atoms with van der Waals surface area (Å²) in [6, 6.07) is -0.407. The third kappa shape index (κ3) is 2.42. The van der Waals surface area contributed by atoms with E-state index in [0.29, 0.717) is 18.9 Å². The van der Waals surface area contributed by atoms with Gasteiger partial charge in [0.15, 0.2) is 0 Å². The Kier molecular flexibility index (Phi) is 3.83. The maximum Gasteiger partial charge on any atom is 0.249 e. The number of anilines is 1. The van der Waals surface area contributed by atoms with Gasteiger partial charge in [-0.3, -0.25) is 14.3 Å². The number of hydrogen-bond donors (Lipinski definition) is 2. The summed E-state index contributed by atoms with van der Waals surface area (Å²) in [5.41, 5.74) is 0.496. The van der Waals surface area contributed by atoms with Crippen molar-refractivity contribution in [1.82, 2.24) is 20.4 Å². The number of amides is 2. The van der Waals surface area contributed by atoms with Crippen LogP contribution in [0.1, 0.15) is 32.1 Å². The van der Waals surface area contributed by atoms with Crippen molar-refractivity contribution in [2.75, 3.05) is 24.5 Å². The van der Waals surface area contributed by atoms with E-state index in [2.05, 4.69) is 15.7 Å². The van der Waals surface area contributed by atoms with Gasteiger partial charge in [-0.2, -0.15) is 5.10 Å². The second-order valence-corrected chi connectivity index (χ2v) is 7.41. The summed E-state index contributed by atoms with van der Waals surface area (Å²) >= 11 is 0. The van der Waals surface area contributed by atoms with E-state index in [0.717, 1.165) is 38.0 Å². The van der Waals surface area contributed by atoms with Gasteiger partial charge in [0.05, 0.1) is 17.3 Å². The molecule has 1 aromatic heterocycles. The zero-order chi connectivity index (χ0) is 16.7. The van der Waals surface area contributed by atoms with Crippen molar-refractivity contribution in [1.29, 1.82) is 0 Å². The minimum atomic E-state index is -0.407. The van der Waals surface area contributed by atoms with E-state index in [1.807, 2.05) is 13.2 Å². The standard InChI is InChI=1S/C17H25N5O2/c1-21-10-13(9-19-21)22-7-5-14(15(22)23)20-16(24)17-6-3-2-4-12(17)8-18-11-17/h9-10,12,14,18H,2-8,11H2,1H3,(H,20,24)/t12-,14?,17+/m0/s1. The molecule has 3 atom stereocenters. The minimum absolute atomic E-state index is 0.0222. The lowest BCUT2D eigenvalue weighted by atomic mass is 9.67. The Bertz CT molecular complexity index is 657. The van der Waals surface area contributed by atoms with Gasteiger partial charge >= 0.3 is 0 Å². The first-order valence-corrected chi connectivity index (χ1v) is 8.92. The summed E-state index contributed by atoms with van der Waals surface area (Å²) in [4.78, 5) is 27.4. The maximum absolute atomic E-state index is 13.0. The predicted octanol–water partition coefficient (Wildman–Crippen LogP) is 0.421. The third-order valence-electron chi connectivity index (χ3n) is 6.00. The predicted molar refractivity (Wildman–Crippen MR) is 89.4 cm³/mol. The molecule has 3 heterocycles. The summed E-state index contributed by atoms with van der Waals surface area (Å²) in [6.45, 7) is 2.30. The average Bonchev–Trinajstić information content (AvgIpc) is 3.27. The number of aromatic nitrogens is 2. The highest BCUT2D eigenvalue weighted by atomic mass is 16.2. The Balaban J connectivity index is 1.46. The molecule has 0 radical (unpaired) electrons. The molecule has 2 N–H and O–H groups in total. The second-order valence-electron chi connectivity index (χ2n) is 7.41. The number of hydrogen-bond acceptors (Lipinski definition) is 4. The van der Waals surface area contributed by atoms with Crippen molar-refractivity contribution >= 4 is 17.5 Å². The van der Waals surface area contributed by atoms with Crippen LogP contribution >= 0.6 is 0 Å². The first-order valence-electron chi connectivity index (χ1n) is 8.92. The summed E-state index contributed by atoms with van der Waals surface area (Å²) in [7, 11) is 1.83. The molecule has 2 amide bonds. The molecule has 3 aliphatic rings. The molecule has 7 nitrogen and oxygen atoms in total. The van der Waals surface area contributed by atoms with Crippen LogP contribution in [0.25, 0.3) is 0 Å². The zero-order valence-electron chi connectivity index (χ0n) is 14.1. The van der Waals surface area contributed by atoms with Gasteiger partial charge < -0.3 is 15.5 Å². The quantitative estimate of drug-likeness (QED) is 0.841. The lowest BCUT2D eigenvalue weighted by molar-refractivity contribution is -0.136. The van der Waals surface area contributed by atoms with Crippen LogP contribution in [0.2, 0.25) is 0 Å². The zero-order valence-corrected chi connectivity index (χ0v) is 14.1. The normalized spacial score (nSPS) is 32.9. The Morgan fingerprint density at radius 3 is 3.08 bits per heavy atom. The van der Waals surface area contributed by atoms with Gasteiger partial charge in [0.1, 0.15) is 6.04 Å². The van der Waals surface area contributed by atoms with Gasteiger partial charge in [-0.25, -0.2) is 0 Å². The monoisotopic (exact) mass is 331 g/mol. The van der Waals surface area contributed by atoms with E-state index in [1.165, 1.54) is 6.42 Å². The molecule has 2 saturated heterocycles. The number of aryl methyl sites for hydroxylation is 1. The van der Waals surface area contributed by atoms with Crippen molar-refractivity contribution in [3.63, 3.8) is 0 Å². The molecule has 0 spiro atoms. The van der Waals surface area contributed by atoms with Crippen LogP contribution in [0.5, 0.6) is 0 Å². The highest BCUT2D eigenvalue weighted by Crippen LogP contribution is 2.44. The van der Waals surface area contributed by atoms with Gasteiger partial charge in [0.25, 0.3) is 0 Å². The van der Waals surface area contributed by atoms with Crippen LogP contribution in [0, 0.1) is 11.3 Å². The smallest absolute Gasteiger partial charge is 0.249 e.